The SMILES string of the molecule is COC(=O)C1=CS[C@H]2C(NC(=O)Cc3cccs3)C(=O)N2C1C(=O)O. The molecule has 1 fully saturated rings. The van der Waals surface area contributed by atoms with Crippen LogP contribution >= 0.6 is 23.1 Å². The van der Waals surface area contributed by atoms with E-state index in [2.05, 4.69) is 10.1 Å². The third-order valence-electron chi connectivity index (χ3n) is 3.87. The molecule has 0 aliphatic carbocycles. The van der Waals surface area contributed by atoms with Crippen LogP contribution in [-0.4, -0.2) is 58.3 Å². The van der Waals surface area contributed by atoms with Gasteiger partial charge in [-0.3, -0.25) is 9.59 Å². The van der Waals surface area contributed by atoms with Crippen molar-refractivity contribution in [3.63, 3.8) is 0 Å². The van der Waals surface area contributed by atoms with Crippen LogP contribution in [0.1, 0.15) is 4.88 Å². The Hall–Kier alpha value is -2.33. The standard InChI is InChI=1S/C15H14N2O6S2/c1-23-15(22)8-6-25-13-10(12(19)17(13)11(8)14(20)21)16-9(18)5-7-3-2-4-24-7/h2-4,6,10-11,13H,5H2,1H3,(H,16,18)(H,20,21)/t10?,11?,13-/m0/s1. The Morgan fingerprint density at radius 2 is 2.16 bits per heavy atom. The molecule has 0 aromatic carbocycles. The second kappa shape index (κ2) is 6.89. The van der Waals surface area contributed by atoms with E-state index in [1.54, 1.807) is 0 Å². The number of nitrogens with one attached hydrogen (secondary N) is 1. The highest BCUT2D eigenvalue weighted by Gasteiger charge is 2.57. The molecule has 1 aromatic heterocycles. The lowest BCUT2D eigenvalue weighted by atomic mass is 9.98. The molecule has 1 aromatic rings. The minimum atomic E-state index is -1.41. The number of nitrogens with zero attached hydrogens (tertiary/aromatic N) is 1. The maximum atomic E-state index is 12.4. The number of thioether (sulfide) groups is 1. The number of carbonyl (C=O) groups is 4. The molecule has 2 unspecified atom stereocenters. The van der Waals surface area contributed by atoms with Gasteiger partial charge in [-0.1, -0.05) is 6.07 Å². The first-order chi connectivity index (χ1) is 11.9. The average molecular weight is 382 g/mol. The van der Waals surface area contributed by atoms with Gasteiger partial charge in [0.2, 0.25) is 11.8 Å². The van der Waals surface area contributed by atoms with Gasteiger partial charge < -0.3 is 20.1 Å². The van der Waals surface area contributed by atoms with Gasteiger partial charge in [-0.05, 0) is 16.9 Å². The number of amides is 2. The first-order valence-electron chi connectivity index (χ1n) is 7.24. The van der Waals surface area contributed by atoms with Crippen molar-refractivity contribution in [2.45, 2.75) is 23.9 Å². The van der Waals surface area contributed by atoms with Crippen LogP contribution in [0.2, 0.25) is 0 Å². The molecule has 0 saturated carbocycles. The number of hydrogen-bond acceptors (Lipinski definition) is 7. The van der Waals surface area contributed by atoms with Crippen LogP contribution in [0, 0.1) is 0 Å². The van der Waals surface area contributed by atoms with Crippen molar-refractivity contribution in [1.82, 2.24) is 10.2 Å². The number of rotatable bonds is 5. The minimum Gasteiger partial charge on any atom is -0.479 e. The molecule has 3 atom stereocenters. The second-order valence-electron chi connectivity index (χ2n) is 5.38. The van der Waals surface area contributed by atoms with E-state index in [1.807, 2.05) is 17.5 Å². The molecule has 8 nitrogen and oxygen atoms in total. The Labute approximate surface area is 150 Å². The number of methoxy groups -OCH3 is 1. The number of esters is 1. The predicted molar refractivity (Wildman–Crippen MR) is 89.7 cm³/mol. The van der Waals surface area contributed by atoms with E-state index in [9.17, 15) is 24.3 Å². The fourth-order valence-corrected chi connectivity index (χ4v) is 4.63. The molecule has 2 N–H and O–H groups in total. The van der Waals surface area contributed by atoms with Gasteiger partial charge >= 0.3 is 11.9 Å². The lowest BCUT2D eigenvalue weighted by Crippen LogP contribution is -2.74. The fraction of sp³-hybridized carbons (Fsp3) is 0.333. The van der Waals surface area contributed by atoms with Crippen LogP contribution in [0.3, 0.4) is 0 Å². The molecule has 25 heavy (non-hydrogen) atoms. The number of thiophene rings is 1. The molecule has 2 aliphatic rings. The summed E-state index contributed by atoms with van der Waals surface area (Å²) in [6, 6.07) is 1.43. The van der Waals surface area contributed by atoms with Crippen LogP contribution < -0.4 is 5.32 Å². The minimum absolute atomic E-state index is 0.104. The molecule has 1 saturated heterocycles. The third kappa shape index (κ3) is 3.14. The van der Waals surface area contributed by atoms with Crippen molar-refractivity contribution >= 4 is 46.9 Å². The second-order valence-corrected chi connectivity index (χ2v) is 7.40. The van der Waals surface area contributed by atoms with Gasteiger partial charge in [-0.25, -0.2) is 9.59 Å². The number of hydrogen-bond donors (Lipinski definition) is 2. The molecule has 3 rings (SSSR count). The average Bonchev–Trinajstić information content (AvgIpc) is 3.10. The molecule has 132 valence electrons. The number of ether oxygens (including phenoxy) is 1. The van der Waals surface area contributed by atoms with Gasteiger partial charge in [-0.2, -0.15) is 0 Å². The summed E-state index contributed by atoms with van der Waals surface area (Å²) in [6.45, 7) is 0. The summed E-state index contributed by atoms with van der Waals surface area (Å²) in [5.74, 6) is -2.95. The van der Waals surface area contributed by atoms with Crippen molar-refractivity contribution in [2.75, 3.05) is 7.11 Å². The summed E-state index contributed by atoms with van der Waals surface area (Å²) in [5.41, 5.74) is -0.104. The Morgan fingerprint density at radius 1 is 1.40 bits per heavy atom. The normalized spacial score (nSPS) is 24.7. The highest BCUT2D eigenvalue weighted by molar-refractivity contribution is 8.03. The maximum absolute atomic E-state index is 12.4. The Morgan fingerprint density at radius 3 is 2.76 bits per heavy atom. The monoisotopic (exact) mass is 382 g/mol. The number of β-lactam (4-membered cyclic amide) rings is 1. The quantitative estimate of drug-likeness (QED) is 0.552. The van der Waals surface area contributed by atoms with Gasteiger partial charge in [-0.15, -0.1) is 23.1 Å². The molecule has 10 heteroatoms. The van der Waals surface area contributed by atoms with Crippen molar-refractivity contribution in [3.05, 3.63) is 33.4 Å². The van der Waals surface area contributed by atoms with Gasteiger partial charge in [0.05, 0.1) is 19.1 Å². The first kappa shape index (κ1) is 17.5. The summed E-state index contributed by atoms with van der Waals surface area (Å²) >= 11 is 2.55. The van der Waals surface area contributed by atoms with E-state index in [0.29, 0.717) is 0 Å². The summed E-state index contributed by atoms with van der Waals surface area (Å²) in [7, 11) is 1.14. The maximum Gasteiger partial charge on any atom is 0.336 e. The van der Waals surface area contributed by atoms with Crippen LogP contribution in [0.25, 0.3) is 0 Å². The summed E-state index contributed by atoms with van der Waals surface area (Å²) in [5, 5.41) is 14.7. The lowest BCUT2D eigenvalue weighted by Gasteiger charge is -2.50. The first-order valence-corrected chi connectivity index (χ1v) is 9.07. The van der Waals surface area contributed by atoms with Crippen molar-refractivity contribution < 1.29 is 29.0 Å². The zero-order valence-electron chi connectivity index (χ0n) is 13.0. The molecular formula is C15H14N2O6S2. The van der Waals surface area contributed by atoms with Crippen LogP contribution in [0.4, 0.5) is 0 Å². The number of fused-ring (bicyclic) bond motifs is 1. The Balaban J connectivity index is 1.72. The van der Waals surface area contributed by atoms with E-state index < -0.39 is 35.3 Å². The van der Waals surface area contributed by atoms with Crippen LogP contribution in [0.15, 0.2) is 28.5 Å². The zero-order chi connectivity index (χ0) is 18.1. The van der Waals surface area contributed by atoms with E-state index in [4.69, 9.17) is 0 Å². The molecule has 0 bridgehead atoms. The molecule has 2 aliphatic heterocycles. The number of carbonyl (C=O) groups excluding carboxylic acids is 3. The van der Waals surface area contributed by atoms with Gasteiger partial charge in [0.1, 0.15) is 11.4 Å². The van der Waals surface area contributed by atoms with Crippen molar-refractivity contribution in [1.29, 1.82) is 0 Å². The fourth-order valence-electron chi connectivity index (χ4n) is 2.72. The number of carboxylic acids is 1. The summed E-state index contributed by atoms with van der Waals surface area (Å²) in [6.07, 6.45) is 0.157. The van der Waals surface area contributed by atoms with E-state index in [1.165, 1.54) is 16.7 Å². The molecule has 2 amide bonds. The molecule has 3 heterocycles. The van der Waals surface area contributed by atoms with Crippen molar-refractivity contribution in [3.8, 4) is 0 Å². The van der Waals surface area contributed by atoms with Gasteiger partial charge in [0.25, 0.3) is 0 Å². The summed E-state index contributed by atoms with van der Waals surface area (Å²) in [4.78, 5) is 49.7. The summed E-state index contributed by atoms with van der Waals surface area (Å²) < 4.78 is 4.57. The molecular weight excluding hydrogens is 368 g/mol. The highest BCUT2D eigenvalue weighted by atomic mass is 32.2. The van der Waals surface area contributed by atoms with Crippen molar-refractivity contribution in [2.24, 2.45) is 0 Å². The molecule has 0 radical (unpaired) electrons. The van der Waals surface area contributed by atoms with Crippen LogP contribution in [-0.2, 0) is 30.3 Å². The number of aliphatic carboxylic acids is 1. The smallest absolute Gasteiger partial charge is 0.336 e. The Bertz CT molecular complexity index is 760. The highest BCUT2D eigenvalue weighted by Crippen LogP contribution is 2.40. The van der Waals surface area contributed by atoms with Gasteiger partial charge in [0, 0.05) is 4.88 Å². The van der Waals surface area contributed by atoms with E-state index in [0.717, 1.165) is 28.6 Å². The number of carboxylic acid groups (broad SMARTS) is 1. The van der Waals surface area contributed by atoms with E-state index >= 15 is 0 Å². The lowest BCUT2D eigenvalue weighted by molar-refractivity contribution is -0.161. The predicted octanol–water partition coefficient (Wildman–Crippen LogP) is 0.201. The largest absolute Gasteiger partial charge is 0.479 e. The topological polar surface area (TPSA) is 113 Å². The van der Waals surface area contributed by atoms with Gasteiger partial charge in [0.15, 0.2) is 6.04 Å². The zero-order valence-corrected chi connectivity index (χ0v) is 14.6. The molecule has 0 spiro atoms. The van der Waals surface area contributed by atoms with E-state index in [-0.39, 0.29) is 17.9 Å². The third-order valence-corrected chi connectivity index (χ3v) is 5.92. The van der Waals surface area contributed by atoms with Crippen LogP contribution in [0.5, 0.6) is 0 Å². The Kier molecular flexibility index (Phi) is 4.82.